The maximum atomic E-state index is 4.58. The van der Waals surface area contributed by atoms with E-state index in [2.05, 4.69) is 22.9 Å². The molecular weight excluding hydrogens is 185 g/mol. The summed E-state index contributed by atoms with van der Waals surface area (Å²) in [5, 5.41) is 3.23. The van der Waals surface area contributed by atoms with E-state index in [4.69, 9.17) is 0 Å². The van der Waals surface area contributed by atoms with Gasteiger partial charge in [-0.05, 0) is 5.17 Å². The first-order chi connectivity index (χ1) is 2.81. The van der Waals surface area contributed by atoms with Gasteiger partial charge in [-0.2, -0.15) is 0 Å². The molecule has 0 atom stereocenters. The molecule has 1 N–H and O–H groups in total. The molecule has 0 aliphatic carbocycles. The summed E-state index contributed by atoms with van der Waals surface area (Å²) < 4.78 is 0. The van der Waals surface area contributed by atoms with Gasteiger partial charge in [0.1, 0.15) is 0 Å². The Bertz CT molecular complexity index is 64.0. The molecule has 0 aromatic carbocycles. The number of nitrogens with one attached hydrogen (secondary N) is 1. The Kier molecular flexibility index (Phi) is 10.4. The first-order valence-electron chi connectivity index (χ1n) is 1.62. The van der Waals surface area contributed by atoms with E-state index in [0.29, 0.717) is 5.17 Å². The summed E-state index contributed by atoms with van der Waals surface area (Å²) in [5.74, 6) is 0. The zero-order chi connectivity index (χ0) is 4.99. The topological polar surface area (TPSA) is 24.4 Å². The molecule has 0 spiro atoms. The summed E-state index contributed by atoms with van der Waals surface area (Å²) >= 11 is 4.58. The van der Waals surface area contributed by atoms with Crippen molar-refractivity contribution in [1.29, 1.82) is 0 Å². The Morgan fingerprint density at radius 3 is 2.14 bits per heavy atom. The van der Waals surface area contributed by atoms with Crippen molar-refractivity contribution in [3.63, 3.8) is 0 Å². The Balaban J connectivity index is 0. The van der Waals surface area contributed by atoms with E-state index in [9.17, 15) is 0 Å². The summed E-state index contributed by atoms with van der Waals surface area (Å²) in [6.45, 7) is 0. The molecule has 1 radical (unpaired) electrons. The molecule has 4 heteroatoms. The molecule has 0 bridgehead atoms. The molecule has 0 amide bonds. The van der Waals surface area contributed by atoms with E-state index in [-0.39, 0.29) is 32.7 Å². The number of rotatable bonds is 0. The van der Waals surface area contributed by atoms with Gasteiger partial charge in [0, 0.05) is 46.8 Å². The van der Waals surface area contributed by atoms with Crippen LogP contribution in [0.4, 0.5) is 0 Å². The van der Waals surface area contributed by atoms with Gasteiger partial charge in [-0.3, -0.25) is 0 Å². The number of hydrogen-bond acceptors (Lipinski definition) is 2. The van der Waals surface area contributed by atoms with Crippen molar-refractivity contribution in [2.24, 2.45) is 4.99 Å². The summed E-state index contributed by atoms with van der Waals surface area (Å²) in [5.41, 5.74) is 0. The van der Waals surface area contributed by atoms with Crippen LogP contribution in [0.1, 0.15) is 0 Å². The molecule has 0 fully saturated rings. The molecule has 0 aliphatic rings. The van der Waals surface area contributed by atoms with Crippen molar-refractivity contribution < 1.29 is 32.7 Å². The SMILES string of the molecule is CN=C([S-])NC.[Y]. The Labute approximate surface area is 74.5 Å². The zero-order valence-corrected chi connectivity index (χ0v) is 8.09. The molecular formula is C3H7N2SY-. The Hall–Kier alpha value is 0.794. The first kappa shape index (κ1) is 10.7. The molecule has 7 heavy (non-hydrogen) atoms. The van der Waals surface area contributed by atoms with E-state index in [1.54, 1.807) is 14.1 Å². The van der Waals surface area contributed by atoms with E-state index in [1.807, 2.05) is 0 Å². The minimum atomic E-state index is 0. The van der Waals surface area contributed by atoms with Crippen molar-refractivity contribution in [3.8, 4) is 0 Å². The van der Waals surface area contributed by atoms with Gasteiger partial charge < -0.3 is 22.9 Å². The normalized spacial score (nSPS) is 9.71. The molecule has 0 rings (SSSR count). The third kappa shape index (κ3) is 6.79. The zero-order valence-electron chi connectivity index (χ0n) is 4.43. The maximum Gasteiger partial charge on any atom is 0.0275 e. The second-order valence-electron chi connectivity index (χ2n) is 0.779. The fraction of sp³-hybridized carbons (Fsp3) is 0.667. The second-order valence-corrected chi connectivity index (χ2v) is 1.17. The van der Waals surface area contributed by atoms with Crippen molar-refractivity contribution in [3.05, 3.63) is 0 Å². The average Bonchev–Trinajstić information content (AvgIpc) is 1.65. The van der Waals surface area contributed by atoms with Crippen LogP contribution >= 0.6 is 0 Å². The predicted molar refractivity (Wildman–Crippen MR) is 29.8 cm³/mol. The van der Waals surface area contributed by atoms with Crippen molar-refractivity contribution in [2.75, 3.05) is 14.1 Å². The van der Waals surface area contributed by atoms with Gasteiger partial charge in [0.2, 0.25) is 0 Å². The molecule has 0 aromatic rings. The molecule has 0 saturated carbocycles. The van der Waals surface area contributed by atoms with Crippen LogP contribution < -0.4 is 5.32 Å². The molecule has 2 nitrogen and oxygen atoms in total. The van der Waals surface area contributed by atoms with E-state index >= 15 is 0 Å². The largest absolute Gasteiger partial charge is 0.743 e. The van der Waals surface area contributed by atoms with Crippen LogP contribution in [0.3, 0.4) is 0 Å². The summed E-state index contributed by atoms with van der Waals surface area (Å²) in [7, 11) is 3.40. The summed E-state index contributed by atoms with van der Waals surface area (Å²) in [4.78, 5) is 3.63. The molecule has 0 unspecified atom stereocenters. The fourth-order valence-electron chi connectivity index (χ4n) is 0.112. The van der Waals surface area contributed by atoms with Gasteiger partial charge in [0.15, 0.2) is 0 Å². The van der Waals surface area contributed by atoms with Gasteiger partial charge in [-0.25, -0.2) is 0 Å². The van der Waals surface area contributed by atoms with Crippen LogP contribution in [0, 0.1) is 0 Å². The molecule has 0 aliphatic heterocycles. The Morgan fingerprint density at radius 2 is 2.14 bits per heavy atom. The number of aliphatic imine (C=N–C) groups is 1. The van der Waals surface area contributed by atoms with Crippen LogP contribution in [-0.2, 0) is 45.3 Å². The predicted octanol–water partition coefficient (Wildman–Crippen LogP) is -0.264. The van der Waals surface area contributed by atoms with E-state index < -0.39 is 0 Å². The standard InChI is InChI=1S/C3H8N2S.Y/c1-4-3(6)5-2;/h1-2H3,(H2,4,5,6);/p-1. The minimum Gasteiger partial charge on any atom is -0.743 e. The number of nitrogens with zero attached hydrogens (tertiary/aromatic N) is 1. The van der Waals surface area contributed by atoms with Gasteiger partial charge in [-0.1, -0.05) is 0 Å². The van der Waals surface area contributed by atoms with Gasteiger partial charge in [0.05, 0.1) is 0 Å². The first-order valence-corrected chi connectivity index (χ1v) is 2.03. The Morgan fingerprint density at radius 1 is 1.71 bits per heavy atom. The van der Waals surface area contributed by atoms with Crippen LogP contribution in [0.25, 0.3) is 0 Å². The van der Waals surface area contributed by atoms with E-state index in [0.717, 1.165) is 0 Å². The summed E-state index contributed by atoms with van der Waals surface area (Å²) in [6.07, 6.45) is 0. The van der Waals surface area contributed by atoms with Crippen LogP contribution in [0.2, 0.25) is 0 Å². The summed E-state index contributed by atoms with van der Waals surface area (Å²) in [6, 6.07) is 0. The average molecular weight is 192 g/mol. The molecule has 0 aromatic heterocycles. The third-order valence-corrected chi connectivity index (χ3v) is 0.804. The van der Waals surface area contributed by atoms with Crippen LogP contribution in [0.5, 0.6) is 0 Å². The van der Waals surface area contributed by atoms with Gasteiger partial charge in [0.25, 0.3) is 0 Å². The second kappa shape index (κ2) is 6.79. The van der Waals surface area contributed by atoms with Crippen LogP contribution in [-0.4, -0.2) is 19.3 Å². The van der Waals surface area contributed by atoms with Crippen molar-refractivity contribution in [1.82, 2.24) is 5.32 Å². The molecule has 39 valence electrons. The molecule has 0 heterocycles. The maximum absolute atomic E-state index is 4.58. The monoisotopic (exact) mass is 192 g/mol. The van der Waals surface area contributed by atoms with Gasteiger partial charge >= 0.3 is 0 Å². The fourth-order valence-corrected chi connectivity index (χ4v) is 0.112. The smallest absolute Gasteiger partial charge is 0.0275 e. The number of hydrogen-bond donors (Lipinski definition) is 1. The van der Waals surface area contributed by atoms with Crippen molar-refractivity contribution in [2.45, 2.75) is 0 Å². The third-order valence-electron chi connectivity index (χ3n) is 0.417. The van der Waals surface area contributed by atoms with Crippen LogP contribution in [0.15, 0.2) is 4.99 Å². The number of amidine groups is 1. The van der Waals surface area contributed by atoms with Crippen molar-refractivity contribution >= 4 is 17.8 Å². The minimum absolute atomic E-state index is 0. The van der Waals surface area contributed by atoms with Gasteiger partial charge in [-0.15, -0.1) is 0 Å². The van der Waals surface area contributed by atoms with E-state index in [1.165, 1.54) is 0 Å². The quantitative estimate of drug-likeness (QED) is 0.325. The molecule has 0 saturated heterocycles.